The van der Waals surface area contributed by atoms with Crippen molar-refractivity contribution >= 4 is 30.2 Å². The van der Waals surface area contributed by atoms with Crippen molar-refractivity contribution in [2.24, 2.45) is 5.92 Å². The SMILES string of the molecule is CCOC(=O)C1CCN(CCC(=O)/C=C/c2ccc(O)cc2)CC1.Cl. The first-order chi connectivity index (χ1) is 11.6. The number of esters is 1. The molecular formula is C19H26ClNO4. The second-order valence-corrected chi connectivity index (χ2v) is 6.01. The third-order valence-electron chi connectivity index (χ3n) is 4.24. The molecule has 1 aromatic carbocycles. The molecule has 2 rings (SSSR count). The molecule has 1 N–H and O–H groups in total. The van der Waals surface area contributed by atoms with Gasteiger partial charge >= 0.3 is 5.97 Å². The lowest BCUT2D eigenvalue weighted by atomic mass is 9.97. The number of hydrogen-bond donors (Lipinski definition) is 1. The monoisotopic (exact) mass is 367 g/mol. The van der Waals surface area contributed by atoms with Crippen molar-refractivity contribution in [2.45, 2.75) is 26.2 Å². The molecule has 0 saturated carbocycles. The fraction of sp³-hybridized carbons (Fsp3) is 0.474. The van der Waals surface area contributed by atoms with Gasteiger partial charge in [-0.1, -0.05) is 18.2 Å². The molecule has 1 aromatic rings. The first-order valence-corrected chi connectivity index (χ1v) is 8.47. The van der Waals surface area contributed by atoms with Crippen LogP contribution >= 0.6 is 12.4 Å². The van der Waals surface area contributed by atoms with Crippen molar-refractivity contribution in [3.05, 3.63) is 35.9 Å². The Kier molecular flexibility index (Phi) is 9.24. The molecule has 0 bridgehead atoms. The van der Waals surface area contributed by atoms with Crippen LogP contribution in [0.2, 0.25) is 0 Å². The van der Waals surface area contributed by atoms with Gasteiger partial charge in [-0.2, -0.15) is 0 Å². The van der Waals surface area contributed by atoms with E-state index in [1.165, 1.54) is 0 Å². The third-order valence-corrected chi connectivity index (χ3v) is 4.24. The highest BCUT2D eigenvalue weighted by atomic mass is 35.5. The second kappa shape index (κ2) is 10.9. The minimum atomic E-state index is -0.0925. The minimum Gasteiger partial charge on any atom is -0.508 e. The van der Waals surface area contributed by atoms with Gasteiger partial charge in [0.05, 0.1) is 12.5 Å². The third kappa shape index (κ3) is 7.28. The van der Waals surface area contributed by atoms with Crippen LogP contribution in [0.3, 0.4) is 0 Å². The molecule has 0 spiro atoms. The number of phenols is 1. The van der Waals surface area contributed by atoms with Gasteiger partial charge in [0, 0.05) is 13.0 Å². The standard InChI is InChI=1S/C19H25NO4.ClH/c1-2-24-19(23)16-9-12-20(13-10-16)14-11-18(22)8-5-15-3-6-17(21)7-4-15;/h3-8,16,21H,2,9-14H2,1H3;1H/b8-5+;. The van der Waals surface area contributed by atoms with Crippen molar-refractivity contribution in [1.29, 1.82) is 0 Å². The number of benzene rings is 1. The van der Waals surface area contributed by atoms with E-state index >= 15 is 0 Å². The van der Waals surface area contributed by atoms with Crippen LogP contribution in [0.5, 0.6) is 5.75 Å². The zero-order chi connectivity index (χ0) is 17.4. The number of likely N-dealkylation sites (tertiary alicyclic amines) is 1. The van der Waals surface area contributed by atoms with Crippen LogP contribution in [0.25, 0.3) is 6.08 Å². The Morgan fingerprint density at radius 1 is 1.24 bits per heavy atom. The van der Waals surface area contributed by atoms with Gasteiger partial charge in [0.15, 0.2) is 5.78 Å². The normalized spacial score (nSPS) is 15.7. The maximum atomic E-state index is 11.9. The van der Waals surface area contributed by atoms with E-state index in [4.69, 9.17) is 4.74 Å². The van der Waals surface area contributed by atoms with Gasteiger partial charge in [0.1, 0.15) is 5.75 Å². The van der Waals surface area contributed by atoms with E-state index in [0.29, 0.717) is 19.6 Å². The molecule has 138 valence electrons. The van der Waals surface area contributed by atoms with Crippen LogP contribution in [0.15, 0.2) is 30.3 Å². The van der Waals surface area contributed by atoms with Crippen molar-refractivity contribution in [1.82, 2.24) is 4.90 Å². The van der Waals surface area contributed by atoms with Crippen LogP contribution in [-0.2, 0) is 14.3 Å². The van der Waals surface area contributed by atoms with E-state index < -0.39 is 0 Å². The molecule has 1 heterocycles. The topological polar surface area (TPSA) is 66.8 Å². The number of carbonyl (C=O) groups is 2. The maximum Gasteiger partial charge on any atom is 0.309 e. The lowest BCUT2D eigenvalue weighted by Gasteiger charge is -2.30. The fourth-order valence-corrected chi connectivity index (χ4v) is 2.78. The van der Waals surface area contributed by atoms with Crippen molar-refractivity contribution in [3.63, 3.8) is 0 Å². The van der Waals surface area contributed by atoms with Crippen molar-refractivity contribution in [3.8, 4) is 5.75 Å². The predicted molar refractivity (Wildman–Crippen MR) is 99.8 cm³/mol. The molecule has 5 nitrogen and oxygen atoms in total. The Hall–Kier alpha value is -1.85. The van der Waals surface area contributed by atoms with E-state index in [1.54, 1.807) is 36.4 Å². The number of carbonyl (C=O) groups excluding carboxylic acids is 2. The molecule has 6 heteroatoms. The van der Waals surface area contributed by atoms with Crippen molar-refractivity contribution < 1.29 is 19.4 Å². The highest BCUT2D eigenvalue weighted by Gasteiger charge is 2.25. The first kappa shape index (κ1) is 21.2. The van der Waals surface area contributed by atoms with Gasteiger partial charge in [-0.25, -0.2) is 0 Å². The zero-order valence-corrected chi connectivity index (χ0v) is 15.3. The Balaban J connectivity index is 0.00000312. The second-order valence-electron chi connectivity index (χ2n) is 6.01. The smallest absolute Gasteiger partial charge is 0.309 e. The van der Waals surface area contributed by atoms with E-state index in [-0.39, 0.29) is 35.8 Å². The summed E-state index contributed by atoms with van der Waals surface area (Å²) in [6.45, 7) is 4.64. The van der Waals surface area contributed by atoms with E-state index in [1.807, 2.05) is 6.92 Å². The number of ether oxygens (including phenoxy) is 1. The first-order valence-electron chi connectivity index (χ1n) is 8.47. The Morgan fingerprint density at radius 2 is 1.88 bits per heavy atom. The highest BCUT2D eigenvalue weighted by molar-refractivity contribution is 5.93. The quantitative estimate of drug-likeness (QED) is 0.592. The van der Waals surface area contributed by atoms with Gasteiger partial charge < -0.3 is 14.7 Å². The molecule has 0 atom stereocenters. The number of piperidine rings is 1. The number of nitrogens with zero attached hydrogens (tertiary/aromatic N) is 1. The molecule has 0 aromatic heterocycles. The summed E-state index contributed by atoms with van der Waals surface area (Å²) in [5, 5.41) is 9.22. The van der Waals surface area contributed by atoms with Crippen molar-refractivity contribution in [2.75, 3.05) is 26.2 Å². The van der Waals surface area contributed by atoms with E-state index in [0.717, 1.165) is 31.5 Å². The lowest BCUT2D eigenvalue weighted by molar-refractivity contribution is -0.149. The van der Waals surface area contributed by atoms with E-state index in [2.05, 4.69) is 4.90 Å². The van der Waals surface area contributed by atoms with E-state index in [9.17, 15) is 14.7 Å². The van der Waals surface area contributed by atoms with Crippen LogP contribution in [0, 0.1) is 5.92 Å². The summed E-state index contributed by atoms with van der Waals surface area (Å²) in [5.41, 5.74) is 0.886. The number of rotatable bonds is 7. The minimum absolute atomic E-state index is 0. The molecule has 1 aliphatic heterocycles. The molecule has 0 amide bonds. The Labute approximate surface area is 155 Å². The summed E-state index contributed by atoms with van der Waals surface area (Å²) >= 11 is 0. The molecule has 25 heavy (non-hydrogen) atoms. The molecule has 1 fully saturated rings. The summed E-state index contributed by atoms with van der Waals surface area (Å²) in [4.78, 5) is 25.9. The van der Waals surface area contributed by atoms with Gasteiger partial charge in [-0.15, -0.1) is 12.4 Å². The number of ketones is 1. The van der Waals surface area contributed by atoms with Gasteiger partial charge in [-0.3, -0.25) is 9.59 Å². The molecular weight excluding hydrogens is 342 g/mol. The summed E-state index contributed by atoms with van der Waals surface area (Å²) in [5.74, 6) is 0.205. The summed E-state index contributed by atoms with van der Waals surface area (Å²) < 4.78 is 5.06. The van der Waals surface area contributed by atoms with Gasteiger partial charge in [0.25, 0.3) is 0 Å². The van der Waals surface area contributed by atoms with Crippen LogP contribution in [0.1, 0.15) is 31.7 Å². The number of allylic oxidation sites excluding steroid dienone is 1. The number of halogens is 1. The summed E-state index contributed by atoms with van der Waals surface area (Å²) in [6, 6.07) is 6.72. The molecule has 0 aliphatic carbocycles. The molecule has 0 unspecified atom stereocenters. The Morgan fingerprint density at radius 3 is 2.48 bits per heavy atom. The number of aromatic hydroxyl groups is 1. The van der Waals surface area contributed by atoms with Crippen LogP contribution in [0.4, 0.5) is 0 Å². The average molecular weight is 368 g/mol. The molecule has 1 saturated heterocycles. The van der Waals surface area contributed by atoms with Gasteiger partial charge in [0.2, 0.25) is 0 Å². The molecule has 1 aliphatic rings. The van der Waals surface area contributed by atoms with Crippen LogP contribution < -0.4 is 0 Å². The fourth-order valence-electron chi connectivity index (χ4n) is 2.78. The van der Waals surface area contributed by atoms with Crippen LogP contribution in [-0.4, -0.2) is 48.0 Å². The zero-order valence-electron chi connectivity index (χ0n) is 14.5. The Bertz CT molecular complexity index is 578. The highest BCUT2D eigenvalue weighted by Crippen LogP contribution is 2.19. The maximum absolute atomic E-state index is 11.9. The summed E-state index contributed by atoms with van der Waals surface area (Å²) in [7, 11) is 0. The largest absolute Gasteiger partial charge is 0.508 e. The number of phenolic OH excluding ortho intramolecular Hbond substituents is 1. The summed E-state index contributed by atoms with van der Waals surface area (Å²) in [6.07, 6.45) is 5.41. The predicted octanol–water partition coefficient (Wildman–Crippen LogP) is 3.06. The molecule has 0 radical (unpaired) electrons. The van der Waals surface area contributed by atoms with Gasteiger partial charge in [-0.05, 0) is 56.6 Å². The number of hydrogen-bond acceptors (Lipinski definition) is 5. The average Bonchev–Trinajstić information content (AvgIpc) is 2.60. The lowest BCUT2D eigenvalue weighted by Crippen LogP contribution is -2.37.